The first-order valence-electron chi connectivity index (χ1n) is 3.84. The van der Waals surface area contributed by atoms with Crippen molar-refractivity contribution in [2.24, 2.45) is 0 Å². The normalized spacial score (nSPS) is 9.92. The first kappa shape index (κ1) is 8.93. The standard InChI is InChI=1S/C9H7NO.ClH.Ga/c11-8-5-1-3-7-4-2-6-10-9(7)8;;/h1-6,11H;1H;/q;;+2/p-2. The van der Waals surface area contributed by atoms with Gasteiger partial charge in [-0.3, -0.25) is 0 Å². The molecule has 0 atom stereocenters. The first-order chi connectivity index (χ1) is 6.42. The van der Waals surface area contributed by atoms with Crippen molar-refractivity contribution in [2.45, 2.75) is 0 Å². The van der Waals surface area contributed by atoms with E-state index in [0.29, 0.717) is 0 Å². The number of hydrogen-bond donors (Lipinski definition) is 0. The molecular formula is C9H6ClGaNO. The van der Waals surface area contributed by atoms with Gasteiger partial charge < -0.3 is 0 Å². The average molecular weight is 249 g/mol. The Bertz CT molecular complexity index is 416. The fraction of sp³-hybridized carbons (Fsp3) is 0. The van der Waals surface area contributed by atoms with E-state index in [9.17, 15) is 0 Å². The first-order valence-corrected chi connectivity index (χ1v) is 8.01. The maximum atomic E-state index is 5.64. The predicted molar refractivity (Wildman–Crippen MR) is 54.0 cm³/mol. The Morgan fingerprint density at radius 3 is 2.92 bits per heavy atom. The second-order valence-electron chi connectivity index (χ2n) is 2.54. The van der Waals surface area contributed by atoms with Gasteiger partial charge in [-0.2, -0.15) is 0 Å². The number of aromatic nitrogens is 1. The second-order valence-corrected chi connectivity index (χ2v) is 4.33. The van der Waals surface area contributed by atoms with Gasteiger partial charge in [0.25, 0.3) is 0 Å². The molecule has 0 aliphatic carbocycles. The van der Waals surface area contributed by atoms with Crippen LogP contribution in [0.2, 0.25) is 0 Å². The zero-order valence-corrected chi connectivity index (χ0v) is 9.95. The molecule has 63 valence electrons. The molecule has 0 spiro atoms. The van der Waals surface area contributed by atoms with Crippen molar-refractivity contribution < 1.29 is 3.53 Å². The Kier molecular flexibility index (Phi) is 2.78. The molecule has 13 heavy (non-hydrogen) atoms. The van der Waals surface area contributed by atoms with Crippen molar-refractivity contribution >= 4 is 37.3 Å². The SMILES string of the molecule is [Cl][Ga][O]c1cccc2cccnc12. The average Bonchev–Trinajstić information content (AvgIpc) is 2.19. The van der Waals surface area contributed by atoms with Crippen LogP contribution in [0.25, 0.3) is 10.9 Å². The predicted octanol–water partition coefficient (Wildman–Crippen LogP) is 2.39. The maximum absolute atomic E-state index is 5.64. The molecule has 1 aromatic carbocycles. The van der Waals surface area contributed by atoms with Gasteiger partial charge >= 0.3 is 88.1 Å². The van der Waals surface area contributed by atoms with Crippen molar-refractivity contribution in [1.82, 2.24) is 4.98 Å². The second kappa shape index (κ2) is 4.04. The van der Waals surface area contributed by atoms with Crippen LogP contribution in [0.15, 0.2) is 36.5 Å². The van der Waals surface area contributed by atoms with Crippen LogP contribution in [0, 0.1) is 0 Å². The van der Waals surface area contributed by atoms with Crippen molar-refractivity contribution in [1.29, 1.82) is 0 Å². The molecule has 0 amide bonds. The molecule has 0 aliphatic heterocycles. The van der Waals surface area contributed by atoms with Gasteiger partial charge in [-0.15, -0.1) is 0 Å². The summed E-state index contributed by atoms with van der Waals surface area (Å²) in [5.74, 6) is 0.799. The summed E-state index contributed by atoms with van der Waals surface area (Å²) in [5, 5.41) is 1.09. The Morgan fingerprint density at radius 1 is 1.23 bits per heavy atom. The van der Waals surface area contributed by atoms with E-state index in [1.54, 1.807) is 6.20 Å². The van der Waals surface area contributed by atoms with Crippen LogP contribution in [0.4, 0.5) is 0 Å². The third-order valence-corrected chi connectivity index (χ3v) is 2.95. The van der Waals surface area contributed by atoms with Gasteiger partial charge in [-0.1, -0.05) is 0 Å². The number of hydrogen-bond acceptors (Lipinski definition) is 2. The molecule has 0 bridgehead atoms. The number of rotatable bonds is 2. The summed E-state index contributed by atoms with van der Waals surface area (Å²) in [7, 11) is 5.64. The van der Waals surface area contributed by atoms with Gasteiger partial charge in [0.15, 0.2) is 0 Å². The van der Waals surface area contributed by atoms with Crippen molar-refractivity contribution in [3.8, 4) is 5.75 Å². The molecule has 4 heteroatoms. The Balaban J connectivity index is 2.61. The zero-order valence-electron chi connectivity index (χ0n) is 6.77. The van der Waals surface area contributed by atoms with E-state index in [1.165, 1.54) is 0 Å². The molecule has 0 N–H and O–H groups in total. The van der Waals surface area contributed by atoms with Crippen LogP contribution in [-0.2, 0) is 0 Å². The number of nitrogens with zero attached hydrogens (tertiary/aromatic N) is 1. The summed E-state index contributed by atoms with van der Waals surface area (Å²) in [6, 6.07) is 9.77. The molecule has 1 aromatic heterocycles. The minimum absolute atomic E-state index is 0.799. The van der Waals surface area contributed by atoms with Gasteiger partial charge in [-0.05, 0) is 0 Å². The van der Waals surface area contributed by atoms with Crippen LogP contribution in [-0.4, -0.2) is 21.8 Å². The van der Waals surface area contributed by atoms with Crippen molar-refractivity contribution in [2.75, 3.05) is 0 Å². The van der Waals surface area contributed by atoms with E-state index < -0.39 is 16.8 Å². The molecule has 0 saturated heterocycles. The molecule has 1 heterocycles. The summed E-state index contributed by atoms with van der Waals surface area (Å²) in [5.41, 5.74) is 0.892. The van der Waals surface area contributed by atoms with E-state index in [4.69, 9.17) is 13.2 Å². The fourth-order valence-corrected chi connectivity index (χ4v) is 2.32. The zero-order chi connectivity index (χ0) is 9.10. The van der Waals surface area contributed by atoms with Crippen LogP contribution in [0.5, 0.6) is 5.75 Å². The number of halogens is 1. The fourth-order valence-electron chi connectivity index (χ4n) is 1.22. The Morgan fingerprint density at radius 2 is 2.08 bits per heavy atom. The summed E-state index contributed by atoms with van der Waals surface area (Å²) < 4.78 is 5.38. The molecule has 0 fully saturated rings. The van der Waals surface area contributed by atoms with Gasteiger partial charge in [0.1, 0.15) is 0 Å². The van der Waals surface area contributed by atoms with E-state index in [1.807, 2.05) is 30.3 Å². The van der Waals surface area contributed by atoms with Gasteiger partial charge in [-0.25, -0.2) is 0 Å². The molecular weight excluding hydrogens is 243 g/mol. The topological polar surface area (TPSA) is 22.1 Å². The molecule has 2 rings (SSSR count). The number of fused-ring (bicyclic) bond motifs is 1. The summed E-state index contributed by atoms with van der Waals surface area (Å²) >= 11 is -1.08. The van der Waals surface area contributed by atoms with Gasteiger partial charge in [0.05, 0.1) is 0 Å². The summed E-state index contributed by atoms with van der Waals surface area (Å²) in [6.07, 6.45) is 1.76. The molecule has 0 unspecified atom stereocenters. The summed E-state index contributed by atoms with van der Waals surface area (Å²) in [4.78, 5) is 4.24. The number of benzene rings is 1. The molecule has 2 aromatic rings. The number of para-hydroxylation sites is 1. The van der Waals surface area contributed by atoms with Crippen LogP contribution in [0.3, 0.4) is 0 Å². The molecule has 0 aliphatic rings. The minimum atomic E-state index is -1.08. The Labute approximate surface area is 88.1 Å². The van der Waals surface area contributed by atoms with E-state index in [0.717, 1.165) is 16.7 Å². The van der Waals surface area contributed by atoms with Gasteiger partial charge in [0.2, 0.25) is 0 Å². The van der Waals surface area contributed by atoms with E-state index >= 15 is 0 Å². The quantitative estimate of drug-likeness (QED) is 0.762. The third kappa shape index (κ3) is 1.82. The molecule has 1 radical (unpaired) electrons. The number of pyridine rings is 1. The monoisotopic (exact) mass is 248 g/mol. The van der Waals surface area contributed by atoms with E-state index in [2.05, 4.69) is 4.98 Å². The molecule has 0 saturated carbocycles. The van der Waals surface area contributed by atoms with Gasteiger partial charge in [0, 0.05) is 0 Å². The van der Waals surface area contributed by atoms with Crippen molar-refractivity contribution in [3.63, 3.8) is 0 Å². The summed E-state index contributed by atoms with van der Waals surface area (Å²) in [6.45, 7) is 0. The van der Waals surface area contributed by atoms with E-state index in [-0.39, 0.29) is 0 Å². The molecule has 2 nitrogen and oxygen atoms in total. The van der Waals surface area contributed by atoms with Crippen molar-refractivity contribution in [3.05, 3.63) is 36.5 Å². The third-order valence-electron chi connectivity index (χ3n) is 1.77. The van der Waals surface area contributed by atoms with Crippen LogP contribution < -0.4 is 3.53 Å². The Hall–Kier alpha value is -0.644. The van der Waals surface area contributed by atoms with Crippen LogP contribution >= 0.6 is 9.64 Å². The van der Waals surface area contributed by atoms with Crippen LogP contribution in [0.1, 0.15) is 0 Å².